The van der Waals surface area contributed by atoms with Crippen LogP contribution >= 0.6 is 0 Å². The first kappa shape index (κ1) is 99.8. The predicted octanol–water partition coefficient (Wildman–Crippen LogP) is -8.01. The molecule has 0 aliphatic rings. The first-order valence-corrected chi connectivity index (χ1v) is 30.5. The molecule has 0 aromatic carbocycles. The topological polar surface area (TPSA) is 527 Å². The third-order valence-electron chi connectivity index (χ3n) is 12.0. The molecule has 0 aliphatic carbocycles. The Morgan fingerprint density at radius 3 is 0.287 bits per heavy atom. The fraction of sp³-hybridized carbons (Fsp3) is 0.235. The summed E-state index contributed by atoms with van der Waals surface area (Å²) in [7, 11) is 22.2. The first-order chi connectivity index (χ1) is 51.0. The predicted molar refractivity (Wildman–Crippen MR) is 381 cm³/mol. The average Bonchev–Trinajstić information content (AvgIpc) is 0.973. The summed E-state index contributed by atoms with van der Waals surface area (Å²) < 4.78 is 11.6. The van der Waals surface area contributed by atoms with E-state index in [0.717, 1.165) is 69.4 Å². The van der Waals surface area contributed by atoms with Gasteiger partial charge in [0.25, 0.3) is 0 Å². The minimum Gasteiger partial charge on any atom is -0.881 e. The summed E-state index contributed by atoms with van der Waals surface area (Å²) in [5.41, 5.74) is 8.75. The molecule has 36 nitrogen and oxygen atoms in total. The van der Waals surface area contributed by atoms with Crippen LogP contribution in [-0.4, -0.2) is 141 Å². The number of nitriles is 12. The second-order valence-corrected chi connectivity index (χ2v) is 21.5. The van der Waals surface area contributed by atoms with Crippen LogP contribution in [0.5, 0.6) is 0 Å². The normalized spacial score (nSPS) is 8.26. The first-order valence-electron chi connectivity index (χ1n) is 30.5. The molecule has 8 heterocycles. The van der Waals surface area contributed by atoms with Gasteiger partial charge < -0.3 is 79.4 Å². The van der Waals surface area contributed by atoms with Gasteiger partial charge in [-0.3, -0.25) is 0 Å². The molecule has 0 saturated heterocycles. The Hall–Kier alpha value is -14.6. The van der Waals surface area contributed by atoms with Crippen LogP contribution in [0.2, 0.25) is 0 Å². The highest BCUT2D eigenvalue weighted by atomic mass is 16.4. The van der Waals surface area contributed by atoms with Crippen molar-refractivity contribution in [2.45, 2.75) is 0 Å². The molecule has 40 heteroatoms. The molecule has 0 atom stereocenters. The van der Waals surface area contributed by atoms with Crippen molar-refractivity contribution in [2.24, 2.45) is 0 Å². The second kappa shape index (κ2) is 60.0. The zero-order valence-electron chi connectivity index (χ0n) is 62.6. The molecule has 8 aromatic rings. The van der Waals surface area contributed by atoms with E-state index in [1.54, 1.807) is 99.1 Å². The highest BCUT2D eigenvalue weighted by Crippen LogP contribution is 2.10. The van der Waals surface area contributed by atoms with Crippen LogP contribution in [0.1, 0.15) is 0 Å². The van der Waals surface area contributed by atoms with Crippen molar-refractivity contribution in [3.05, 3.63) is 196 Å². The van der Waals surface area contributed by atoms with Crippen molar-refractivity contribution in [1.29, 1.82) is 63.1 Å². The summed E-state index contributed by atoms with van der Waals surface area (Å²) in [5.74, 6) is 3.67. The summed E-state index contributed by atoms with van der Waals surface area (Å²) in [6.07, 6.45) is 43.6. The molecule has 8 aromatic heterocycles. The molecule has 0 saturated carbocycles. The standard InChI is InChI=1S/8C8H10N3.4CBNO2/c8*1-10(2)8-3-5-11(7-9)6-4-8;4*3-1-2(4)5/h8*3-6H,1-2H3;;;;/q8*+1;4*-2. The van der Waals surface area contributed by atoms with Gasteiger partial charge in [0.2, 0.25) is 0 Å². The lowest BCUT2D eigenvalue weighted by Gasteiger charge is -2.12. The van der Waals surface area contributed by atoms with Crippen LogP contribution in [0.25, 0.3) is 0 Å². The number of hydrogen-bond donors (Lipinski definition) is 0. The molecule has 8 rings (SSSR count). The van der Waals surface area contributed by atoms with Gasteiger partial charge in [0.1, 0.15) is 99.1 Å². The van der Waals surface area contributed by atoms with Gasteiger partial charge in [0, 0.05) is 284 Å². The molecule has 0 amide bonds. The summed E-state index contributed by atoms with van der Waals surface area (Å²) in [6, 6.07) is 30.3. The van der Waals surface area contributed by atoms with Gasteiger partial charge in [-0.1, -0.05) is 0 Å². The Kier molecular flexibility index (Phi) is 55.5. The van der Waals surface area contributed by atoms with E-state index in [9.17, 15) is 0 Å². The van der Waals surface area contributed by atoms with Gasteiger partial charge in [-0.25, -0.2) is 21.0 Å². The van der Waals surface area contributed by atoms with Crippen LogP contribution < -0.4 is 116 Å². The van der Waals surface area contributed by atoms with Crippen molar-refractivity contribution >= 4 is 74.0 Å². The van der Waals surface area contributed by atoms with Crippen LogP contribution in [-0.2, 0) is 0 Å². The van der Waals surface area contributed by atoms with Crippen LogP contribution in [0, 0.1) is 137 Å². The zero-order chi connectivity index (χ0) is 83.3. The number of nitrogens with zero attached hydrogens (tertiary/aromatic N) is 28. The molecular weight excluding hydrogens is 1380 g/mol. The summed E-state index contributed by atoms with van der Waals surface area (Å²) >= 11 is 0. The number of aromatic nitrogens is 8. The van der Waals surface area contributed by atoms with Crippen molar-refractivity contribution in [2.75, 3.05) is 152 Å². The highest BCUT2D eigenvalue weighted by Gasteiger charge is 2.03. The van der Waals surface area contributed by atoms with Gasteiger partial charge in [-0.05, 0) is 23.9 Å². The maximum atomic E-state index is 8.98. The third kappa shape index (κ3) is 50.7. The third-order valence-corrected chi connectivity index (χ3v) is 12.0. The van der Waals surface area contributed by atoms with E-state index in [-0.39, 0.29) is 0 Å². The molecule has 0 aliphatic heterocycles. The second-order valence-electron chi connectivity index (χ2n) is 21.5. The Morgan fingerprint density at radius 2 is 0.250 bits per heavy atom. The maximum Gasteiger partial charge on any atom is 0.463 e. The lowest BCUT2D eigenvalue weighted by molar-refractivity contribution is -0.586. The van der Waals surface area contributed by atoms with E-state index < -0.39 is 28.5 Å². The number of pyridine rings is 8. The zero-order valence-corrected chi connectivity index (χ0v) is 62.6. The average molecular weight is 1460 g/mol. The van der Waals surface area contributed by atoms with E-state index in [2.05, 4.69) is 0 Å². The van der Waals surface area contributed by atoms with Crippen LogP contribution in [0.3, 0.4) is 0 Å². The maximum absolute atomic E-state index is 8.98. The monoisotopic (exact) mass is 1460 g/mol. The molecule has 0 fully saturated rings. The van der Waals surface area contributed by atoms with Gasteiger partial charge in [0.15, 0.2) is 42.1 Å². The van der Waals surface area contributed by atoms with E-state index in [1.165, 1.54) is 36.5 Å². The van der Waals surface area contributed by atoms with E-state index in [1.807, 2.05) is 299 Å². The van der Waals surface area contributed by atoms with Crippen molar-refractivity contribution < 1.29 is 76.7 Å². The molecule has 108 heavy (non-hydrogen) atoms. The molecule has 0 bridgehead atoms. The van der Waals surface area contributed by atoms with E-state index in [4.69, 9.17) is 103 Å². The van der Waals surface area contributed by atoms with Gasteiger partial charge in [-0.2, -0.15) is 0 Å². The smallest absolute Gasteiger partial charge is 0.463 e. The van der Waals surface area contributed by atoms with Crippen molar-refractivity contribution in [3.63, 3.8) is 0 Å². The van der Waals surface area contributed by atoms with Crippen molar-refractivity contribution in [1.82, 2.24) is 0 Å². The molecular formula is C68H80B4N28O8. The molecule has 0 spiro atoms. The molecule has 0 radical (unpaired) electrons. The lowest BCUT2D eigenvalue weighted by Crippen LogP contribution is -2.43. The Morgan fingerprint density at radius 1 is 0.185 bits per heavy atom. The largest absolute Gasteiger partial charge is 0.881 e. The summed E-state index contributed by atoms with van der Waals surface area (Å²) in [6.45, 7) is 0. The summed E-state index contributed by atoms with van der Waals surface area (Å²) in [4.78, 5) is 15.9. The molecule has 552 valence electrons. The highest BCUT2D eigenvalue weighted by molar-refractivity contribution is 6.47. The Balaban J connectivity index is -0.000000553. The summed E-state index contributed by atoms with van der Waals surface area (Å²) in [5, 5.41) is 169. The van der Waals surface area contributed by atoms with Gasteiger partial charge in [-0.15, -0.1) is 36.5 Å². The number of hydrogen-bond acceptors (Lipinski definition) is 28. The number of anilines is 8. The van der Waals surface area contributed by atoms with Gasteiger partial charge in [0.05, 0.1) is 0 Å². The number of rotatable bonds is 8. The van der Waals surface area contributed by atoms with Gasteiger partial charge >= 0.3 is 49.5 Å². The quantitative estimate of drug-likeness (QED) is 0.101. The SMILES string of the molecule is CN(C)c1cc[n+](C#N)cc1.CN(C)c1cc[n+](C#N)cc1.CN(C)c1cc[n+](C#N)cc1.CN(C)c1cc[n+](C#N)cc1.CN(C)c1cc[n+](C#N)cc1.CN(C)c1cc[n+](C#N)cc1.CN(C)c1cc[n+](C#N)cc1.CN(C)c1cc[n+](C#N)cc1.N#CB([O-])[O-].N#CB([O-])[O-].N#CB([O-])[O-].N#CB([O-])[O-]. The molecule has 0 N–H and O–H groups in total. The lowest BCUT2D eigenvalue weighted by atomic mass is 9.97. The minimum absolute atomic E-state index is 0.917. The Bertz CT molecular complexity index is 3520. The minimum atomic E-state index is -2.31. The Labute approximate surface area is 632 Å². The fourth-order valence-electron chi connectivity index (χ4n) is 6.27. The fourth-order valence-corrected chi connectivity index (χ4v) is 6.27. The van der Waals surface area contributed by atoms with E-state index in [0.29, 0.717) is 0 Å². The van der Waals surface area contributed by atoms with Crippen molar-refractivity contribution in [3.8, 4) is 73.4 Å². The van der Waals surface area contributed by atoms with E-state index >= 15 is 0 Å². The molecule has 0 unspecified atom stereocenters. The van der Waals surface area contributed by atoms with Crippen LogP contribution in [0.15, 0.2) is 196 Å². The van der Waals surface area contributed by atoms with Crippen LogP contribution in [0.4, 0.5) is 45.5 Å².